The number of carbonyl (C=O) groups is 3. The molecule has 1 aliphatic carbocycles. The van der Waals surface area contributed by atoms with Crippen LogP contribution in [0.4, 0.5) is 10.7 Å². The van der Waals surface area contributed by atoms with E-state index in [4.69, 9.17) is 29.2 Å². The Kier molecular flexibility index (Phi) is 16.0. The lowest BCUT2D eigenvalue weighted by atomic mass is 9.95. The third kappa shape index (κ3) is 11.9. The highest BCUT2D eigenvalue weighted by Crippen LogP contribution is 2.39. The van der Waals surface area contributed by atoms with Crippen LogP contribution in [0.25, 0.3) is 0 Å². The molecule has 0 unspecified atom stereocenters. The van der Waals surface area contributed by atoms with Crippen LogP contribution in [0.15, 0.2) is 72.8 Å². The second kappa shape index (κ2) is 21.3. The predicted molar refractivity (Wildman–Crippen MR) is 208 cm³/mol. The Balaban J connectivity index is 1.12. The van der Waals surface area contributed by atoms with Gasteiger partial charge in [-0.3, -0.25) is 14.5 Å². The zero-order valence-corrected chi connectivity index (χ0v) is 31.5. The summed E-state index contributed by atoms with van der Waals surface area (Å²) in [5.41, 5.74) is 5.35. The van der Waals surface area contributed by atoms with Crippen LogP contribution in [-0.4, -0.2) is 99.5 Å². The maximum absolute atomic E-state index is 13.8. The van der Waals surface area contributed by atoms with Crippen molar-refractivity contribution < 1.29 is 43.5 Å². The third-order valence-electron chi connectivity index (χ3n) is 8.99. The van der Waals surface area contributed by atoms with Crippen molar-refractivity contribution in [2.45, 2.75) is 38.5 Å². The van der Waals surface area contributed by atoms with E-state index in [1.807, 2.05) is 36.4 Å². The van der Waals surface area contributed by atoms with Crippen molar-refractivity contribution in [3.63, 3.8) is 0 Å². The van der Waals surface area contributed by atoms with Crippen molar-refractivity contribution in [1.82, 2.24) is 4.90 Å². The molecule has 54 heavy (non-hydrogen) atoms. The monoisotopic (exact) mass is 759 g/mol. The van der Waals surface area contributed by atoms with Crippen molar-refractivity contribution in [1.29, 1.82) is 0 Å². The smallest absolute Gasteiger partial charge is 0.337 e. The topological polar surface area (TPSA) is 156 Å². The molecule has 3 aromatic carbocycles. The van der Waals surface area contributed by atoms with Crippen molar-refractivity contribution in [3.8, 4) is 5.75 Å². The fourth-order valence-corrected chi connectivity index (χ4v) is 7.40. The summed E-state index contributed by atoms with van der Waals surface area (Å²) in [7, 11) is 1.37. The van der Waals surface area contributed by atoms with Gasteiger partial charge in [-0.05, 0) is 97.7 Å². The van der Waals surface area contributed by atoms with Gasteiger partial charge < -0.3 is 39.8 Å². The van der Waals surface area contributed by atoms with Gasteiger partial charge in [0.15, 0.2) is 0 Å². The van der Waals surface area contributed by atoms with Crippen molar-refractivity contribution in [2.24, 2.45) is 0 Å². The first-order chi connectivity index (χ1) is 26.4. The maximum Gasteiger partial charge on any atom is 0.337 e. The first-order valence-corrected chi connectivity index (χ1v) is 19.1. The molecule has 0 saturated carbocycles. The van der Waals surface area contributed by atoms with Gasteiger partial charge in [-0.2, -0.15) is 0 Å². The molecule has 13 heteroatoms. The Morgan fingerprint density at radius 3 is 2.13 bits per heavy atom. The quantitative estimate of drug-likeness (QED) is 0.0496. The van der Waals surface area contributed by atoms with Gasteiger partial charge in [0.05, 0.1) is 58.0 Å². The van der Waals surface area contributed by atoms with E-state index in [2.05, 4.69) is 10.6 Å². The van der Waals surface area contributed by atoms with Gasteiger partial charge in [0.1, 0.15) is 17.4 Å². The Labute approximate surface area is 320 Å². The molecule has 12 nitrogen and oxygen atoms in total. The third-order valence-corrected chi connectivity index (χ3v) is 10.2. The van der Waals surface area contributed by atoms with Crippen LogP contribution in [0.1, 0.15) is 65.5 Å². The fourth-order valence-electron chi connectivity index (χ4n) is 6.11. The molecule has 1 aliphatic rings. The number of hydrogen-bond acceptors (Lipinski definition) is 11. The lowest BCUT2D eigenvalue weighted by Crippen LogP contribution is -2.32. The van der Waals surface area contributed by atoms with Crippen molar-refractivity contribution >= 4 is 39.8 Å². The van der Waals surface area contributed by atoms with E-state index in [1.54, 1.807) is 41.3 Å². The molecule has 0 bridgehead atoms. The van der Waals surface area contributed by atoms with Crippen molar-refractivity contribution in [2.75, 3.05) is 77.2 Å². The predicted octanol–water partition coefficient (Wildman–Crippen LogP) is 5.36. The first kappa shape index (κ1) is 40.6. The van der Waals surface area contributed by atoms with E-state index in [0.29, 0.717) is 72.8 Å². The Bertz CT molecular complexity index is 1810. The summed E-state index contributed by atoms with van der Waals surface area (Å²) >= 11 is 1.47. The number of hydrogen-bond donors (Lipinski definition) is 4. The molecule has 4 aromatic rings. The number of nitrogens with one attached hydrogen (secondary N) is 2. The van der Waals surface area contributed by atoms with Gasteiger partial charge in [-0.1, -0.05) is 30.3 Å². The molecule has 0 radical (unpaired) electrons. The molecular weight excluding hydrogens is 711 g/mol. The van der Waals surface area contributed by atoms with Gasteiger partial charge in [0, 0.05) is 29.2 Å². The van der Waals surface area contributed by atoms with E-state index in [1.165, 1.54) is 18.4 Å². The van der Waals surface area contributed by atoms with Crippen LogP contribution >= 0.6 is 11.3 Å². The number of anilines is 2. The van der Waals surface area contributed by atoms with E-state index in [-0.39, 0.29) is 37.6 Å². The number of fused-ring (bicyclic) bond motifs is 1. The molecule has 5 rings (SSSR count). The molecule has 1 aromatic heterocycles. The Morgan fingerprint density at radius 1 is 0.759 bits per heavy atom. The zero-order chi connectivity index (χ0) is 38.1. The van der Waals surface area contributed by atoms with Crippen LogP contribution < -0.4 is 15.4 Å². The summed E-state index contributed by atoms with van der Waals surface area (Å²) in [5.74, 6) is -0.416. The number of aliphatic hydroxyl groups excluding tert-OH is 2. The molecule has 0 aliphatic heterocycles. The zero-order valence-electron chi connectivity index (χ0n) is 30.6. The van der Waals surface area contributed by atoms with E-state index < -0.39 is 0 Å². The summed E-state index contributed by atoms with van der Waals surface area (Å²) in [4.78, 5) is 41.9. The number of thiophene rings is 1. The minimum absolute atomic E-state index is 0.00738. The molecular formula is C41H49N3O9S. The molecule has 0 saturated heterocycles. The number of benzene rings is 3. The average molecular weight is 760 g/mol. The fraction of sp³-hybridized carbons (Fsp3) is 0.390. The molecule has 0 atom stereocenters. The van der Waals surface area contributed by atoms with Crippen molar-refractivity contribution in [3.05, 3.63) is 111 Å². The summed E-state index contributed by atoms with van der Waals surface area (Å²) in [6.45, 7) is 2.46. The Morgan fingerprint density at radius 2 is 1.43 bits per heavy atom. The number of nitrogens with zero attached hydrogens (tertiary/aromatic N) is 1. The summed E-state index contributed by atoms with van der Waals surface area (Å²) in [6, 6.07) is 22.1. The summed E-state index contributed by atoms with van der Waals surface area (Å²) in [6.07, 6.45) is 5.30. The van der Waals surface area contributed by atoms with Gasteiger partial charge in [-0.15, -0.1) is 11.3 Å². The van der Waals surface area contributed by atoms with E-state index >= 15 is 0 Å². The van der Waals surface area contributed by atoms with Crippen LogP contribution in [-0.2, 0) is 39.9 Å². The van der Waals surface area contributed by atoms with E-state index in [9.17, 15) is 14.4 Å². The van der Waals surface area contributed by atoms with Gasteiger partial charge in [0.25, 0.3) is 11.8 Å². The molecule has 2 amide bonds. The summed E-state index contributed by atoms with van der Waals surface area (Å²) in [5, 5.41) is 24.8. The maximum atomic E-state index is 13.8. The highest BCUT2D eigenvalue weighted by Gasteiger charge is 2.27. The number of aryl methyl sites for hydroxylation is 3. The number of aliphatic hydroxyl groups is 2. The molecule has 4 N–H and O–H groups in total. The van der Waals surface area contributed by atoms with Crippen LogP contribution in [0.5, 0.6) is 5.75 Å². The van der Waals surface area contributed by atoms with Gasteiger partial charge >= 0.3 is 5.97 Å². The number of amides is 2. The van der Waals surface area contributed by atoms with Gasteiger partial charge in [-0.25, -0.2) is 4.79 Å². The lowest BCUT2D eigenvalue weighted by molar-refractivity contribution is -0.0182. The Hall–Kier alpha value is -4.63. The SMILES string of the molecule is COC(=O)c1ccc(CCc2ccc(NC(=O)c3c(NC(=O)c4cccc(OCCOCCOCN(CCO)CCO)c4)sc4c3CCCC4)cc2)cc1. The van der Waals surface area contributed by atoms with Crippen LogP contribution in [0, 0.1) is 0 Å². The number of ether oxygens (including phenoxy) is 4. The number of methoxy groups -OCH3 is 1. The molecule has 288 valence electrons. The molecule has 0 spiro atoms. The first-order valence-electron chi connectivity index (χ1n) is 18.2. The molecule has 0 fully saturated rings. The average Bonchev–Trinajstić information content (AvgIpc) is 3.56. The second-order valence-electron chi connectivity index (χ2n) is 12.8. The molecule has 1 heterocycles. The standard InChI is InChI=1S/C41H49N3O9S/c1-50-41(49)31-15-11-29(12-16-31)9-10-30-13-17-33(18-14-30)42-39(48)37-35-7-2-3-8-36(35)54-40(37)43-38(47)32-5-4-6-34(27-32)53-26-25-51-23-24-52-28-44(19-21-45)20-22-46/h4-6,11-18,27,45-46H,2-3,7-10,19-26,28H2,1H3,(H,42,48)(H,43,47). The summed E-state index contributed by atoms with van der Waals surface area (Å²) < 4.78 is 21.7. The highest BCUT2D eigenvalue weighted by atomic mass is 32.1. The second-order valence-corrected chi connectivity index (χ2v) is 13.9. The minimum atomic E-state index is -0.356. The number of rotatable bonds is 21. The van der Waals surface area contributed by atoms with E-state index in [0.717, 1.165) is 60.1 Å². The highest BCUT2D eigenvalue weighted by molar-refractivity contribution is 7.17. The lowest BCUT2D eigenvalue weighted by Gasteiger charge is -2.19. The number of carbonyl (C=O) groups excluding carboxylic acids is 3. The normalized spacial score (nSPS) is 12.3. The number of esters is 1. The van der Waals surface area contributed by atoms with Gasteiger partial charge in [0.2, 0.25) is 0 Å². The van der Waals surface area contributed by atoms with Crippen LogP contribution in [0.2, 0.25) is 0 Å². The largest absolute Gasteiger partial charge is 0.491 e. The van der Waals surface area contributed by atoms with Crippen LogP contribution in [0.3, 0.4) is 0 Å². The minimum Gasteiger partial charge on any atom is -0.491 e.